The van der Waals surface area contributed by atoms with Crippen LogP contribution in [-0.2, 0) is 6.54 Å². The Morgan fingerprint density at radius 1 is 1.25 bits per heavy atom. The van der Waals surface area contributed by atoms with E-state index in [1.54, 1.807) is 0 Å². The van der Waals surface area contributed by atoms with E-state index in [2.05, 4.69) is 36.1 Å². The number of para-hydroxylation sites is 1. The van der Waals surface area contributed by atoms with Gasteiger partial charge in [0.25, 0.3) is 0 Å². The number of nitrogens with two attached hydrogens (primary N) is 1. The summed E-state index contributed by atoms with van der Waals surface area (Å²) >= 11 is 1.83. The Balaban J connectivity index is 1.70. The maximum Gasteiger partial charge on any atom is 0.108 e. The van der Waals surface area contributed by atoms with Gasteiger partial charge in [-0.05, 0) is 44.4 Å². The lowest BCUT2D eigenvalue weighted by Gasteiger charge is -2.34. The van der Waals surface area contributed by atoms with E-state index in [1.165, 1.54) is 35.4 Å². The highest BCUT2D eigenvalue weighted by molar-refractivity contribution is 7.18. The molecule has 2 N–H and O–H groups in total. The minimum atomic E-state index is 0.424. The van der Waals surface area contributed by atoms with Gasteiger partial charge in [-0.3, -0.25) is 4.90 Å². The predicted molar refractivity (Wildman–Crippen MR) is 85.9 cm³/mol. The molecule has 0 radical (unpaired) electrons. The number of benzene rings is 1. The zero-order valence-corrected chi connectivity index (χ0v) is 12.9. The average Bonchev–Trinajstić information content (AvgIpc) is 2.88. The largest absolute Gasteiger partial charge is 0.328 e. The number of fused-ring (bicyclic) bond motifs is 1. The van der Waals surface area contributed by atoms with Crippen LogP contribution in [-0.4, -0.2) is 28.5 Å². The van der Waals surface area contributed by atoms with Crippen LogP contribution in [0.2, 0.25) is 0 Å². The zero-order valence-electron chi connectivity index (χ0n) is 12.1. The van der Waals surface area contributed by atoms with Gasteiger partial charge in [0.15, 0.2) is 0 Å². The van der Waals surface area contributed by atoms with E-state index in [9.17, 15) is 0 Å². The second-order valence-electron chi connectivity index (χ2n) is 5.71. The molecule has 0 atom stereocenters. The fourth-order valence-corrected chi connectivity index (χ4v) is 4.12. The van der Waals surface area contributed by atoms with Gasteiger partial charge in [0.1, 0.15) is 5.01 Å². The van der Waals surface area contributed by atoms with Gasteiger partial charge in [-0.25, -0.2) is 4.98 Å². The first-order valence-corrected chi connectivity index (χ1v) is 8.42. The molecule has 4 heteroatoms. The first-order valence-electron chi connectivity index (χ1n) is 7.60. The Morgan fingerprint density at radius 2 is 2.00 bits per heavy atom. The summed E-state index contributed by atoms with van der Waals surface area (Å²) < 4.78 is 1.30. The molecule has 0 unspecified atom stereocenters. The zero-order chi connectivity index (χ0) is 13.9. The van der Waals surface area contributed by atoms with Crippen LogP contribution in [0.4, 0.5) is 0 Å². The fraction of sp³-hybridized carbons (Fsp3) is 0.562. The van der Waals surface area contributed by atoms with E-state index < -0.39 is 0 Å². The molecular formula is C16H23N3S. The summed E-state index contributed by atoms with van der Waals surface area (Å²) in [7, 11) is 0. The standard InChI is InChI=1S/C16H23N3S/c1-2-19(13-9-7-12(17)8-10-13)11-16-18-14-5-3-4-6-15(14)20-16/h3-6,12-13H,2,7-11,17H2,1H3. The number of thiazole rings is 1. The normalized spacial score (nSPS) is 23.6. The minimum Gasteiger partial charge on any atom is -0.328 e. The van der Waals surface area contributed by atoms with Crippen LogP contribution in [0.25, 0.3) is 10.2 Å². The van der Waals surface area contributed by atoms with Crippen LogP contribution in [0.15, 0.2) is 24.3 Å². The summed E-state index contributed by atoms with van der Waals surface area (Å²) in [6.45, 7) is 4.33. The van der Waals surface area contributed by atoms with Gasteiger partial charge >= 0.3 is 0 Å². The first-order chi connectivity index (χ1) is 9.76. The maximum absolute atomic E-state index is 6.01. The Bertz CT molecular complexity index is 525. The lowest BCUT2D eigenvalue weighted by atomic mass is 9.91. The van der Waals surface area contributed by atoms with Crippen molar-refractivity contribution in [2.45, 2.75) is 51.2 Å². The smallest absolute Gasteiger partial charge is 0.108 e. The topological polar surface area (TPSA) is 42.2 Å². The minimum absolute atomic E-state index is 0.424. The summed E-state index contributed by atoms with van der Waals surface area (Å²) in [6.07, 6.45) is 4.81. The van der Waals surface area contributed by atoms with Crippen molar-refractivity contribution in [3.8, 4) is 0 Å². The molecule has 1 saturated carbocycles. The highest BCUT2D eigenvalue weighted by Crippen LogP contribution is 2.26. The molecule has 108 valence electrons. The summed E-state index contributed by atoms with van der Waals surface area (Å²) in [5.74, 6) is 0. The van der Waals surface area contributed by atoms with Gasteiger partial charge in [-0.2, -0.15) is 0 Å². The molecule has 1 fully saturated rings. The number of aromatic nitrogens is 1. The van der Waals surface area contributed by atoms with Gasteiger partial charge in [-0.1, -0.05) is 19.1 Å². The predicted octanol–water partition coefficient (Wildman–Crippen LogP) is 3.39. The third-order valence-electron chi connectivity index (χ3n) is 4.34. The van der Waals surface area contributed by atoms with E-state index >= 15 is 0 Å². The lowest BCUT2D eigenvalue weighted by molar-refractivity contribution is 0.149. The number of hydrogen-bond donors (Lipinski definition) is 1. The van der Waals surface area contributed by atoms with Crippen molar-refractivity contribution in [3.63, 3.8) is 0 Å². The van der Waals surface area contributed by atoms with E-state index in [1.807, 2.05) is 11.3 Å². The van der Waals surface area contributed by atoms with Crippen molar-refractivity contribution in [2.75, 3.05) is 6.54 Å². The molecule has 1 heterocycles. The van der Waals surface area contributed by atoms with Crippen molar-refractivity contribution in [1.29, 1.82) is 0 Å². The summed E-state index contributed by atoms with van der Waals surface area (Å²) in [4.78, 5) is 7.34. The lowest BCUT2D eigenvalue weighted by Crippen LogP contribution is -2.40. The SMILES string of the molecule is CCN(Cc1nc2ccccc2s1)C1CCC(N)CC1. The Morgan fingerprint density at radius 3 is 2.70 bits per heavy atom. The molecule has 1 aromatic heterocycles. The average molecular weight is 289 g/mol. The maximum atomic E-state index is 6.01. The van der Waals surface area contributed by atoms with Crippen LogP contribution in [0.1, 0.15) is 37.6 Å². The molecule has 20 heavy (non-hydrogen) atoms. The molecule has 1 aliphatic rings. The molecule has 3 rings (SSSR count). The fourth-order valence-electron chi connectivity index (χ4n) is 3.13. The molecule has 3 nitrogen and oxygen atoms in total. The number of rotatable bonds is 4. The van der Waals surface area contributed by atoms with E-state index in [0.29, 0.717) is 12.1 Å². The monoisotopic (exact) mass is 289 g/mol. The van der Waals surface area contributed by atoms with Gasteiger partial charge in [0.2, 0.25) is 0 Å². The van der Waals surface area contributed by atoms with Gasteiger partial charge in [-0.15, -0.1) is 11.3 Å². The van der Waals surface area contributed by atoms with Gasteiger partial charge in [0, 0.05) is 12.1 Å². The van der Waals surface area contributed by atoms with Crippen molar-refractivity contribution in [3.05, 3.63) is 29.3 Å². The molecule has 1 aliphatic carbocycles. The quantitative estimate of drug-likeness (QED) is 0.938. The number of hydrogen-bond acceptors (Lipinski definition) is 4. The van der Waals surface area contributed by atoms with Gasteiger partial charge in [0.05, 0.1) is 16.8 Å². The first kappa shape index (κ1) is 14.0. The molecule has 0 aliphatic heterocycles. The van der Waals surface area contributed by atoms with Crippen LogP contribution in [0, 0.1) is 0 Å². The van der Waals surface area contributed by atoms with Crippen LogP contribution in [0.5, 0.6) is 0 Å². The Labute approximate surface area is 124 Å². The molecule has 1 aromatic carbocycles. The second-order valence-corrected chi connectivity index (χ2v) is 6.82. The van der Waals surface area contributed by atoms with E-state index in [4.69, 9.17) is 10.7 Å². The van der Waals surface area contributed by atoms with E-state index in [0.717, 1.165) is 18.6 Å². The molecule has 2 aromatic rings. The third-order valence-corrected chi connectivity index (χ3v) is 5.36. The summed E-state index contributed by atoms with van der Waals surface area (Å²) in [6, 6.07) is 9.52. The molecular weight excluding hydrogens is 266 g/mol. The molecule has 0 amide bonds. The second kappa shape index (κ2) is 6.20. The highest BCUT2D eigenvalue weighted by atomic mass is 32.1. The highest BCUT2D eigenvalue weighted by Gasteiger charge is 2.24. The molecule has 0 bridgehead atoms. The van der Waals surface area contributed by atoms with Crippen molar-refractivity contribution in [2.24, 2.45) is 5.73 Å². The molecule has 0 spiro atoms. The molecule has 0 saturated heterocycles. The summed E-state index contributed by atoms with van der Waals surface area (Å²) in [5, 5.41) is 1.24. The van der Waals surface area contributed by atoms with Crippen molar-refractivity contribution < 1.29 is 0 Å². The van der Waals surface area contributed by atoms with Crippen molar-refractivity contribution in [1.82, 2.24) is 9.88 Å². The Hall–Kier alpha value is -0.970. The van der Waals surface area contributed by atoms with Crippen LogP contribution in [0.3, 0.4) is 0 Å². The van der Waals surface area contributed by atoms with Crippen LogP contribution < -0.4 is 5.73 Å². The van der Waals surface area contributed by atoms with Gasteiger partial charge < -0.3 is 5.73 Å². The third kappa shape index (κ3) is 3.03. The van der Waals surface area contributed by atoms with Crippen molar-refractivity contribution >= 4 is 21.6 Å². The summed E-state index contributed by atoms with van der Waals surface area (Å²) in [5.41, 5.74) is 7.15. The number of nitrogens with zero attached hydrogens (tertiary/aromatic N) is 2. The Kier molecular flexibility index (Phi) is 4.34. The van der Waals surface area contributed by atoms with Crippen LogP contribution >= 0.6 is 11.3 Å². The van der Waals surface area contributed by atoms with E-state index in [-0.39, 0.29) is 0 Å².